The number of carbonyl (C=O) groups excluding carboxylic acids is 2. The molecule has 1 aliphatic rings. The lowest BCUT2D eigenvalue weighted by Gasteiger charge is -2.34. The molecule has 0 atom stereocenters. The van der Waals surface area contributed by atoms with E-state index in [0.717, 1.165) is 0 Å². The van der Waals surface area contributed by atoms with Crippen LogP contribution in [0, 0.1) is 17.0 Å². The molecule has 1 aromatic carbocycles. The Hall–Kier alpha value is -2.64. The Morgan fingerprint density at radius 2 is 1.83 bits per heavy atom. The smallest absolute Gasteiger partial charge is 0.317 e. The molecular formula is C15H20N4O4. The molecule has 8 heteroatoms. The predicted octanol–water partition coefficient (Wildman–Crippen LogP) is 1.39. The maximum atomic E-state index is 12.5. The fourth-order valence-electron chi connectivity index (χ4n) is 2.55. The minimum atomic E-state index is -0.480. The summed E-state index contributed by atoms with van der Waals surface area (Å²) in [4.78, 5) is 37.9. The summed E-state index contributed by atoms with van der Waals surface area (Å²) < 4.78 is 0. The molecule has 1 N–H and O–H groups in total. The third kappa shape index (κ3) is 3.77. The summed E-state index contributed by atoms with van der Waals surface area (Å²) in [5.74, 6) is -0.159. The number of amides is 3. The minimum absolute atomic E-state index is 0.0277. The first-order valence-electron chi connectivity index (χ1n) is 7.51. The standard InChI is InChI=1S/C15H20N4O4/c1-3-16-15(21)18-8-6-17(7-9-18)14(20)13-5-4-12(19(22)23)10-11(13)2/h4-5,10H,3,6-9H2,1-2H3,(H,16,21). The summed E-state index contributed by atoms with van der Waals surface area (Å²) in [6.07, 6.45) is 0. The number of urea groups is 1. The van der Waals surface area contributed by atoms with Gasteiger partial charge in [-0.05, 0) is 25.5 Å². The molecule has 1 aromatic rings. The second-order valence-electron chi connectivity index (χ2n) is 5.37. The summed E-state index contributed by atoms with van der Waals surface area (Å²) in [5.41, 5.74) is 1.01. The number of carbonyl (C=O) groups is 2. The van der Waals surface area contributed by atoms with E-state index in [2.05, 4.69) is 5.32 Å². The van der Waals surface area contributed by atoms with Crippen LogP contribution in [0.1, 0.15) is 22.8 Å². The van der Waals surface area contributed by atoms with Gasteiger partial charge in [-0.2, -0.15) is 0 Å². The first kappa shape index (κ1) is 16.7. The molecule has 0 unspecified atom stereocenters. The van der Waals surface area contributed by atoms with Gasteiger partial charge in [0.15, 0.2) is 0 Å². The van der Waals surface area contributed by atoms with Gasteiger partial charge in [0.25, 0.3) is 11.6 Å². The Bertz CT molecular complexity index is 624. The molecule has 1 fully saturated rings. The van der Waals surface area contributed by atoms with Crippen molar-refractivity contribution in [1.29, 1.82) is 0 Å². The number of hydrogen-bond donors (Lipinski definition) is 1. The quantitative estimate of drug-likeness (QED) is 0.672. The van der Waals surface area contributed by atoms with E-state index in [1.54, 1.807) is 16.7 Å². The first-order valence-corrected chi connectivity index (χ1v) is 7.51. The van der Waals surface area contributed by atoms with Gasteiger partial charge >= 0.3 is 6.03 Å². The molecule has 0 radical (unpaired) electrons. The highest BCUT2D eigenvalue weighted by Crippen LogP contribution is 2.19. The average Bonchev–Trinajstić information content (AvgIpc) is 2.54. The van der Waals surface area contributed by atoms with E-state index >= 15 is 0 Å². The Labute approximate surface area is 134 Å². The predicted molar refractivity (Wildman–Crippen MR) is 84.4 cm³/mol. The van der Waals surface area contributed by atoms with Crippen molar-refractivity contribution in [1.82, 2.24) is 15.1 Å². The van der Waals surface area contributed by atoms with Crippen molar-refractivity contribution in [2.45, 2.75) is 13.8 Å². The molecular weight excluding hydrogens is 300 g/mol. The SMILES string of the molecule is CCNC(=O)N1CCN(C(=O)c2ccc([N+](=O)[O-])cc2C)CC1. The van der Waals surface area contributed by atoms with Crippen LogP contribution in [0.15, 0.2) is 18.2 Å². The van der Waals surface area contributed by atoms with Gasteiger partial charge in [0, 0.05) is 50.4 Å². The fourth-order valence-corrected chi connectivity index (χ4v) is 2.55. The van der Waals surface area contributed by atoms with Crippen LogP contribution < -0.4 is 5.32 Å². The number of nitro groups is 1. The maximum Gasteiger partial charge on any atom is 0.317 e. The number of benzene rings is 1. The molecule has 1 aliphatic heterocycles. The largest absolute Gasteiger partial charge is 0.338 e. The number of non-ortho nitro benzene ring substituents is 1. The monoisotopic (exact) mass is 320 g/mol. The van der Waals surface area contributed by atoms with E-state index in [-0.39, 0.29) is 17.6 Å². The Balaban J connectivity index is 2.03. The molecule has 0 bridgehead atoms. The number of nitrogens with one attached hydrogen (secondary N) is 1. The van der Waals surface area contributed by atoms with Crippen LogP contribution in [-0.4, -0.2) is 59.4 Å². The summed E-state index contributed by atoms with van der Waals surface area (Å²) in [6.45, 7) is 5.96. The van der Waals surface area contributed by atoms with Crippen LogP contribution in [-0.2, 0) is 0 Å². The molecule has 2 rings (SSSR count). The highest BCUT2D eigenvalue weighted by atomic mass is 16.6. The summed E-state index contributed by atoms with van der Waals surface area (Å²) in [5, 5.41) is 13.5. The van der Waals surface area contributed by atoms with Gasteiger partial charge in [0.1, 0.15) is 0 Å². The second kappa shape index (κ2) is 7.08. The molecule has 3 amide bonds. The Kier molecular flexibility index (Phi) is 5.15. The van der Waals surface area contributed by atoms with Crippen LogP contribution >= 0.6 is 0 Å². The molecule has 124 valence electrons. The summed E-state index contributed by atoms with van der Waals surface area (Å²) in [7, 11) is 0. The van der Waals surface area contributed by atoms with Gasteiger partial charge < -0.3 is 15.1 Å². The normalized spacial score (nSPS) is 14.5. The van der Waals surface area contributed by atoms with Gasteiger partial charge in [0.05, 0.1) is 4.92 Å². The number of hydrogen-bond acceptors (Lipinski definition) is 4. The minimum Gasteiger partial charge on any atom is -0.338 e. The van der Waals surface area contributed by atoms with Gasteiger partial charge in [-0.25, -0.2) is 4.79 Å². The van der Waals surface area contributed by atoms with Crippen molar-refractivity contribution in [3.05, 3.63) is 39.4 Å². The Morgan fingerprint density at radius 1 is 1.22 bits per heavy atom. The number of nitrogens with zero attached hydrogens (tertiary/aromatic N) is 3. The zero-order valence-electron chi connectivity index (χ0n) is 13.2. The highest BCUT2D eigenvalue weighted by molar-refractivity contribution is 5.96. The number of rotatable bonds is 3. The third-order valence-electron chi connectivity index (χ3n) is 3.83. The average molecular weight is 320 g/mol. The van der Waals surface area contributed by atoms with Crippen LogP contribution in [0.25, 0.3) is 0 Å². The molecule has 8 nitrogen and oxygen atoms in total. The summed E-state index contributed by atoms with van der Waals surface area (Å²) in [6, 6.07) is 4.11. The van der Waals surface area contributed by atoms with E-state index in [9.17, 15) is 19.7 Å². The first-order chi connectivity index (χ1) is 10.9. The summed E-state index contributed by atoms with van der Waals surface area (Å²) >= 11 is 0. The number of aryl methyl sites for hydroxylation is 1. The van der Waals surface area contributed by atoms with E-state index in [1.165, 1.54) is 18.2 Å². The molecule has 1 heterocycles. The lowest BCUT2D eigenvalue weighted by Crippen LogP contribution is -2.53. The van der Waals surface area contributed by atoms with Crippen LogP contribution in [0.3, 0.4) is 0 Å². The fraction of sp³-hybridized carbons (Fsp3) is 0.467. The lowest BCUT2D eigenvalue weighted by atomic mass is 10.1. The second-order valence-corrected chi connectivity index (χ2v) is 5.37. The van der Waals surface area contributed by atoms with Crippen molar-refractivity contribution in [3.8, 4) is 0 Å². The van der Waals surface area contributed by atoms with Gasteiger partial charge in [0.2, 0.25) is 0 Å². The number of nitro benzene ring substituents is 1. The molecule has 0 aliphatic carbocycles. The highest BCUT2D eigenvalue weighted by Gasteiger charge is 2.25. The van der Waals surface area contributed by atoms with Crippen molar-refractivity contribution < 1.29 is 14.5 Å². The van der Waals surface area contributed by atoms with Gasteiger partial charge in [-0.1, -0.05) is 0 Å². The van der Waals surface area contributed by atoms with Crippen LogP contribution in [0.2, 0.25) is 0 Å². The van der Waals surface area contributed by atoms with E-state index in [1.807, 2.05) is 6.92 Å². The zero-order chi connectivity index (χ0) is 17.0. The van der Waals surface area contributed by atoms with Crippen molar-refractivity contribution >= 4 is 17.6 Å². The molecule has 0 spiro atoms. The van der Waals surface area contributed by atoms with Crippen molar-refractivity contribution in [2.75, 3.05) is 32.7 Å². The van der Waals surface area contributed by atoms with Crippen LogP contribution in [0.4, 0.5) is 10.5 Å². The molecule has 0 aromatic heterocycles. The molecule has 0 saturated carbocycles. The van der Waals surface area contributed by atoms with E-state index in [4.69, 9.17) is 0 Å². The number of piperazine rings is 1. The topological polar surface area (TPSA) is 95.8 Å². The zero-order valence-corrected chi connectivity index (χ0v) is 13.2. The molecule has 23 heavy (non-hydrogen) atoms. The third-order valence-corrected chi connectivity index (χ3v) is 3.83. The van der Waals surface area contributed by atoms with Crippen LogP contribution in [0.5, 0.6) is 0 Å². The molecule has 1 saturated heterocycles. The van der Waals surface area contributed by atoms with E-state index < -0.39 is 4.92 Å². The lowest BCUT2D eigenvalue weighted by molar-refractivity contribution is -0.384. The maximum absolute atomic E-state index is 12.5. The van der Waals surface area contributed by atoms with Gasteiger partial charge in [-0.3, -0.25) is 14.9 Å². The Morgan fingerprint density at radius 3 is 2.35 bits per heavy atom. The van der Waals surface area contributed by atoms with Crippen molar-refractivity contribution in [2.24, 2.45) is 0 Å². The van der Waals surface area contributed by atoms with E-state index in [0.29, 0.717) is 43.9 Å². The van der Waals surface area contributed by atoms with Crippen molar-refractivity contribution in [3.63, 3.8) is 0 Å². The van der Waals surface area contributed by atoms with Gasteiger partial charge in [-0.15, -0.1) is 0 Å².